The first-order valence-corrected chi connectivity index (χ1v) is 3.66. The van der Waals surface area contributed by atoms with Crippen molar-refractivity contribution >= 4 is 10.2 Å². The van der Waals surface area contributed by atoms with Crippen molar-refractivity contribution in [2.45, 2.75) is 0 Å². The van der Waals surface area contributed by atoms with Gasteiger partial charge in [0.15, 0.2) is 0 Å². The standard InChI is InChI=1S/C6H4NO2.Co.O.H/c8-7(9)6-4-2-1-3-5-6;;;/h2-5H;;;/i;;;1+2. The molecule has 0 spiro atoms. The first-order chi connectivity index (χ1) is 5.61. The van der Waals surface area contributed by atoms with E-state index in [1.807, 2.05) is 0 Å². The van der Waals surface area contributed by atoms with Gasteiger partial charge < -0.3 is 0 Å². The van der Waals surface area contributed by atoms with Crippen molar-refractivity contribution in [1.29, 1.82) is 0.968 Å². The van der Waals surface area contributed by atoms with Crippen LogP contribution < -0.4 is 4.50 Å². The number of hydrogen-bond acceptors (Lipinski definition) is 3. The van der Waals surface area contributed by atoms with Gasteiger partial charge in [0.2, 0.25) is 0 Å². The third-order valence-electron chi connectivity index (χ3n) is 1.10. The van der Waals surface area contributed by atoms with Crippen molar-refractivity contribution in [3.8, 4) is 0 Å². The van der Waals surface area contributed by atoms with Crippen LogP contribution in [0.25, 0.3) is 0 Å². The number of nitrogens with zero attached hydrogens (tertiary/aromatic N) is 1. The number of nitro benzene ring substituents is 1. The zero-order valence-corrected chi connectivity index (χ0v) is 6.36. The minimum atomic E-state index is -2.13. The van der Waals surface area contributed by atoms with Crippen LogP contribution in [0, 0.1) is 10.1 Å². The van der Waals surface area contributed by atoms with E-state index < -0.39 is 19.4 Å². The topological polar surface area (TPSA) is 60.2 Å². The summed E-state index contributed by atoms with van der Waals surface area (Å²) in [6.45, 7) is 0. The molecule has 0 radical (unpaired) electrons. The summed E-state index contributed by atoms with van der Waals surface area (Å²) in [5.74, 6) is 0. The Morgan fingerprint density at radius 3 is 2.36 bits per heavy atom. The fourth-order valence-electron chi connectivity index (χ4n) is 0.601. The fourth-order valence-corrected chi connectivity index (χ4v) is 0.916. The molecule has 0 N–H and O–H groups in total. The molecule has 0 atom stereocenters. The molecule has 0 heterocycles. The van der Waals surface area contributed by atoms with E-state index in [0.29, 0.717) is 4.50 Å². The SMILES string of the molecule is [3H][Co](=[O])[c]1ccc([N+](=O)[O-])cc1. The van der Waals surface area contributed by atoms with Crippen LogP contribution in [0.3, 0.4) is 0 Å². The second-order valence-corrected chi connectivity index (χ2v) is 2.59. The second-order valence-electron chi connectivity index (χ2n) is 1.78. The van der Waals surface area contributed by atoms with Gasteiger partial charge in [-0.2, -0.15) is 0 Å². The molecule has 0 fully saturated rings. The predicted molar refractivity (Wildman–Crippen MR) is 34.8 cm³/mol. The van der Waals surface area contributed by atoms with E-state index >= 15 is 0 Å². The summed E-state index contributed by atoms with van der Waals surface area (Å²) in [4.78, 5) is 9.63. The Morgan fingerprint density at radius 1 is 1.45 bits per heavy atom. The van der Waals surface area contributed by atoms with Gasteiger partial charge in [-0.15, -0.1) is 0 Å². The van der Waals surface area contributed by atoms with Gasteiger partial charge in [0, 0.05) is 0 Å². The molecule has 1 rings (SSSR count). The van der Waals surface area contributed by atoms with Crippen LogP contribution in [0.5, 0.6) is 0 Å². The van der Waals surface area contributed by atoms with Crippen molar-refractivity contribution in [1.82, 2.24) is 0 Å². The van der Waals surface area contributed by atoms with Gasteiger partial charge in [-0.05, 0) is 0 Å². The maximum atomic E-state index is 10.6. The third-order valence-corrected chi connectivity index (χ3v) is 1.69. The number of benzene rings is 1. The molecule has 0 aliphatic rings. The average molecular weight is 200 g/mol. The van der Waals surface area contributed by atoms with Gasteiger partial charge in [-0.25, -0.2) is 0 Å². The predicted octanol–water partition coefficient (Wildman–Crippen LogP) is 0.380. The fraction of sp³-hybridized carbons (Fsp3) is 0. The molecule has 0 unspecified atom stereocenters. The van der Waals surface area contributed by atoms with Crippen molar-refractivity contribution in [3.63, 3.8) is 0 Å². The second kappa shape index (κ2) is 3.36. The van der Waals surface area contributed by atoms with Crippen LogP contribution in [-0.2, 0) is 18.4 Å². The molecular weight excluding hydrogens is 193 g/mol. The summed E-state index contributed by atoms with van der Waals surface area (Å²) in [7, 11) is 0. The normalized spacial score (nSPS) is 12.0. The Hall–Kier alpha value is -1.07. The monoisotopic (exact) mass is 200 g/mol. The van der Waals surface area contributed by atoms with Crippen molar-refractivity contribution in [2.75, 3.05) is 0 Å². The van der Waals surface area contributed by atoms with Crippen molar-refractivity contribution in [3.05, 3.63) is 34.4 Å². The summed E-state index contributed by atoms with van der Waals surface area (Å²) >= 11 is -2.13. The molecule has 1 aromatic rings. The Bertz CT molecular complexity index is 291. The molecule has 0 bridgehead atoms. The van der Waals surface area contributed by atoms with E-state index in [9.17, 15) is 14.0 Å². The van der Waals surface area contributed by atoms with E-state index in [1.54, 1.807) is 0 Å². The first-order valence-electron chi connectivity index (χ1n) is 3.05. The van der Waals surface area contributed by atoms with E-state index in [4.69, 9.17) is 0.968 Å². The molecular formula is C6H5CoNO3. The zero-order chi connectivity index (χ0) is 9.14. The summed E-state index contributed by atoms with van der Waals surface area (Å²) < 4.78 is 17.7. The molecule has 0 saturated heterocycles. The van der Waals surface area contributed by atoms with Gasteiger partial charge in [0.1, 0.15) is 0 Å². The van der Waals surface area contributed by atoms with Gasteiger partial charge in [0.05, 0.1) is 0 Å². The summed E-state index contributed by atoms with van der Waals surface area (Å²) in [6.07, 6.45) is 0. The minimum absolute atomic E-state index is 0.0600. The van der Waals surface area contributed by atoms with Gasteiger partial charge in [-0.3, -0.25) is 0 Å². The summed E-state index contributed by atoms with van der Waals surface area (Å²) in [5.41, 5.74) is -0.0600. The van der Waals surface area contributed by atoms with E-state index in [1.165, 1.54) is 24.3 Å². The third kappa shape index (κ3) is 1.92. The van der Waals surface area contributed by atoms with Gasteiger partial charge in [-0.1, -0.05) is 0 Å². The number of non-ortho nitro benzene ring substituents is 1. The van der Waals surface area contributed by atoms with E-state index in [0.717, 1.165) is 0 Å². The Balaban J connectivity index is 3.01. The van der Waals surface area contributed by atoms with Gasteiger partial charge in [0.25, 0.3) is 0 Å². The molecule has 1 aromatic carbocycles. The molecule has 11 heavy (non-hydrogen) atoms. The maximum absolute atomic E-state index is 10.6. The van der Waals surface area contributed by atoms with Crippen LogP contribution in [0.15, 0.2) is 24.3 Å². The Kier molecular flexibility index (Phi) is 2.02. The van der Waals surface area contributed by atoms with Crippen LogP contribution in [-0.4, -0.2) is 5.89 Å². The van der Waals surface area contributed by atoms with Crippen molar-refractivity contribution in [2.24, 2.45) is 0 Å². The molecule has 0 aliphatic heterocycles. The number of nitro groups is 1. The number of hydrogen-bond donors (Lipinski definition) is 0. The quantitative estimate of drug-likeness (QED) is 0.512. The number of rotatable bonds is 2. The van der Waals surface area contributed by atoms with Gasteiger partial charge >= 0.3 is 68.8 Å². The average Bonchev–Trinajstić information content (AvgIpc) is 2.04. The summed E-state index contributed by atoms with van der Waals surface area (Å²) in [6, 6.07) is 5.11. The van der Waals surface area contributed by atoms with Crippen LogP contribution in [0.4, 0.5) is 5.69 Å². The molecule has 4 nitrogen and oxygen atoms in total. The molecule has 0 aliphatic carbocycles. The van der Waals surface area contributed by atoms with Crippen LogP contribution in [0.2, 0.25) is 0 Å². The van der Waals surface area contributed by atoms with Crippen LogP contribution >= 0.6 is 0 Å². The summed E-state index contributed by atoms with van der Waals surface area (Å²) in [5, 5.41) is 10.2. The van der Waals surface area contributed by atoms with Crippen molar-refractivity contribution < 1.29 is 23.3 Å². The van der Waals surface area contributed by atoms with Crippen LogP contribution in [0.1, 0.15) is 0 Å². The zero-order valence-electron chi connectivity index (χ0n) is 6.31. The Labute approximate surface area is 69.4 Å². The molecule has 0 saturated carbocycles. The Morgan fingerprint density at radius 2 is 2.00 bits per heavy atom. The molecule has 61 valence electrons. The molecule has 5 heteroatoms. The van der Waals surface area contributed by atoms with E-state index in [2.05, 4.69) is 0 Å². The first kappa shape index (κ1) is 6.63. The van der Waals surface area contributed by atoms with E-state index in [-0.39, 0.29) is 5.69 Å². The molecule has 0 aromatic heterocycles. The molecule has 0 amide bonds.